The van der Waals surface area contributed by atoms with Gasteiger partial charge in [0.15, 0.2) is 11.6 Å². The monoisotopic (exact) mass is 752 g/mol. The molecule has 0 saturated carbocycles. The Morgan fingerprint density at radius 2 is 0.741 bits per heavy atom. The number of nitrogens with zero attached hydrogens (tertiary/aromatic N) is 4. The predicted octanol–water partition coefficient (Wildman–Crippen LogP) is 13.5. The quantitative estimate of drug-likeness (QED) is 0.170. The van der Waals surface area contributed by atoms with Crippen molar-refractivity contribution in [2.45, 2.75) is 64.7 Å². The van der Waals surface area contributed by atoms with Gasteiger partial charge in [-0.1, -0.05) is 169 Å². The summed E-state index contributed by atoms with van der Waals surface area (Å²) in [5, 5.41) is 0. The number of fused-ring (bicyclic) bond motifs is 3. The van der Waals surface area contributed by atoms with E-state index in [1.54, 1.807) is 0 Å². The van der Waals surface area contributed by atoms with Crippen molar-refractivity contribution in [1.82, 2.24) is 19.9 Å². The van der Waals surface area contributed by atoms with Gasteiger partial charge in [-0.25, -0.2) is 19.9 Å². The van der Waals surface area contributed by atoms with Crippen LogP contribution in [0.4, 0.5) is 0 Å². The predicted molar refractivity (Wildman–Crippen MR) is 240 cm³/mol. The molecule has 8 aromatic rings. The zero-order valence-corrected chi connectivity index (χ0v) is 34.4. The number of hydrogen-bond acceptors (Lipinski definition) is 4. The molecule has 0 unspecified atom stereocenters. The molecule has 0 atom stereocenters. The third-order valence-electron chi connectivity index (χ3n) is 11.9. The van der Waals surface area contributed by atoms with Crippen LogP contribution in [-0.4, -0.2) is 19.9 Å². The lowest BCUT2D eigenvalue weighted by Crippen LogP contribution is -2.23. The molecular formula is C54H48N4. The van der Waals surface area contributed by atoms with Crippen LogP contribution in [0.5, 0.6) is 0 Å². The molecule has 1 aliphatic rings. The van der Waals surface area contributed by atoms with Crippen molar-refractivity contribution in [3.63, 3.8) is 0 Å². The van der Waals surface area contributed by atoms with Gasteiger partial charge in [-0.2, -0.15) is 0 Å². The van der Waals surface area contributed by atoms with E-state index in [1.807, 2.05) is 24.8 Å². The zero-order valence-electron chi connectivity index (χ0n) is 34.4. The Morgan fingerprint density at radius 3 is 1.17 bits per heavy atom. The van der Waals surface area contributed by atoms with Gasteiger partial charge in [0, 0.05) is 52.5 Å². The zero-order chi connectivity index (χ0) is 40.2. The minimum atomic E-state index is -0.478. The maximum Gasteiger partial charge on any atom is 0.159 e. The molecule has 0 N–H and O–H groups in total. The Balaban J connectivity index is 1.12. The average molecular weight is 753 g/mol. The minimum Gasteiger partial charge on any atom is -0.236 e. The van der Waals surface area contributed by atoms with E-state index in [0.717, 1.165) is 45.0 Å². The van der Waals surface area contributed by atoms with E-state index in [2.05, 4.69) is 188 Å². The molecule has 58 heavy (non-hydrogen) atoms. The van der Waals surface area contributed by atoms with Crippen LogP contribution in [0, 0.1) is 0 Å². The first kappa shape index (κ1) is 37.1. The van der Waals surface area contributed by atoms with Crippen molar-refractivity contribution in [3.8, 4) is 67.3 Å². The van der Waals surface area contributed by atoms with Gasteiger partial charge < -0.3 is 0 Å². The molecule has 0 spiro atoms. The lowest BCUT2D eigenvalue weighted by Gasteiger charge is -2.31. The van der Waals surface area contributed by atoms with Gasteiger partial charge in [0.1, 0.15) is 0 Å². The van der Waals surface area contributed by atoms with E-state index in [-0.39, 0.29) is 10.8 Å². The molecule has 6 aromatic carbocycles. The summed E-state index contributed by atoms with van der Waals surface area (Å²) in [7, 11) is 0. The summed E-state index contributed by atoms with van der Waals surface area (Å²) < 4.78 is 0. The topological polar surface area (TPSA) is 51.6 Å². The Bertz CT molecular complexity index is 2600. The van der Waals surface area contributed by atoms with Gasteiger partial charge in [0.25, 0.3) is 0 Å². The van der Waals surface area contributed by atoms with Crippen molar-refractivity contribution < 1.29 is 0 Å². The molecule has 0 radical (unpaired) electrons. The highest BCUT2D eigenvalue weighted by Crippen LogP contribution is 2.55. The van der Waals surface area contributed by atoms with E-state index >= 15 is 0 Å². The van der Waals surface area contributed by atoms with E-state index in [1.165, 1.54) is 50.1 Å². The molecule has 1 aliphatic carbocycles. The molecule has 0 fully saturated rings. The molecule has 9 rings (SSSR count). The van der Waals surface area contributed by atoms with Gasteiger partial charge in [0.05, 0.1) is 0 Å². The fourth-order valence-corrected chi connectivity index (χ4v) is 8.46. The molecule has 0 bridgehead atoms. The van der Waals surface area contributed by atoms with Crippen LogP contribution in [0.25, 0.3) is 67.3 Å². The van der Waals surface area contributed by atoms with Crippen LogP contribution in [0.1, 0.15) is 76.3 Å². The highest BCUT2D eigenvalue weighted by Gasteiger charge is 2.42. The van der Waals surface area contributed by atoms with Crippen LogP contribution in [0.15, 0.2) is 164 Å². The highest BCUT2D eigenvalue weighted by atomic mass is 14.9. The lowest BCUT2D eigenvalue weighted by atomic mass is 9.71. The van der Waals surface area contributed by atoms with Crippen molar-refractivity contribution >= 4 is 0 Å². The Labute approximate surface area is 342 Å². The largest absolute Gasteiger partial charge is 0.236 e. The molecule has 2 aromatic heterocycles. The van der Waals surface area contributed by atoms with E-state index < -0.39 is 5.41 Å². The summed E-state index contributed by atoms with van der Waals surface area (Å²) >= 11 is 0. The smallest absolute Gasteiger partial charge is 0.159 e. The molecular weight excluding hydrogens is 705 g/mol. The van der Waals surface area contributed by atoms with Crippen LogP contribution < -0.4 is 0 Å². The molecule has 284 valence electrons. The molecule has 4 nitrogen and oxygen atoms in total. The van der Waals surface area contributed by atoms with Crippen LogP contribution in [0.3, 0.4) is 0 Å². The van der Waals surface area contributed by atoms with Crippen LogP contribution in [0.2, 0.25) is 0 Å². The fourth-order valence-electron chi connectivity index (χ4n) is 8.46. The maximum absolute atomic E-state index is 4.86. The number of hydrogen-bond donors (Lipinski definition) is 0. The summed E-state index contributed by atoms with van der Waals surface area (Å²) in [4.78, 5) is 19.4. The van der Waals surface area contributed by atoms with Gasteiger partial charge in [0.2, 0.25) is 0 Å². The van der Waals surface area contributed by atoms with Crippen molar-refractivity contribution in [3.05, 3.63) is 192 Å². The van der Waals surface area contributed by atoms with Gasteiger partial charge in [-0.05, 0) is 91.1 Å². The summed E-state index contributed by atoms with van der Waals surface area (Å²) in [6.45, 7) is 15.8. The fraction of sp³-hybridized carbons (Fsp3) is 0.185. The minimum absolute atomic E-state index is 0.0912. The second kappa shape index (κ2) is 14.1. The summed E-state index contributed by atoms with van der Waals surface area (Å²) in [5.41, 5.74) is 17.1. The van der Waals surface area contributed by atoms with Gasteiger partial charge >= 0.3 is 0 Å². The average Bonchev–Trinajstić information content (AvgIpc) is 3.50. The maximum atomic E-state index is 4.86. The van der Waals surface area contributed by atoms with Crippen molar-refractivity contribution in [1.29, 1.82) is 0 Å². The third-order valence-corrected chi connectivity index (χ3v) is 11.9. The SMILES string of the molecule is CC(C)(C)c1ccc(-c2ncc(-c3ccc4c(c3)C(C)(c3ccccc3-c3ccccc3)c3cc(-c5cnc(-c6ccc(C(C)(C)C)cc6)nc5)ccc3-4)cn2)cc1. The standard InChI is InChI=1S/C54H48N4/c1-52(2,3)42-23-17-36(18-24-42)50-55-31-40(32-56-50)38-21-27-45-46-28-22-39(41-33-57-51(58-34-41)37-19-25-43(26-20-37)53(4,5)6)30-49(46)54(7,48(45)29-38)47-16-12-11-15-44(47)35-13-9-8-10-14-35/h8-34H,1-7H3. The number of benzene rings is 6. The molecule has 4 heteroatoms. The molecule has 0 aliphatic heterocycles. The highest BCUT2D eigenvalue weighted by molar-refractivity contribution is 5.89. The lowest BCUT2D eigenvalue weighted by molar-refractivity contribution is 0.590. The number of rotatable bonds is 6. The summed E-state index contributed by atoms with van der Waals surface area (Å²) in [5.74, 6) is 1.45. The summed E-state index contributed by atoms with van der Waals surface area (Å²) in [6, 6.07) is 50.5. The van der Waals surface area contributed by atoms with Gasteiger partial charge in [-0.3, -0.25) is 0 Å². The molecule has 0 saturated heterocycles. The normalized spacial score (nSPS) is 13.2. The first-order valence-corrected chi connectivity index (χ1v) is 20.2. The number of aromatic nitrogens is 4. The first-order valence-electron chi connectivity index (χ1n) is 20.2. The first-order chi connectivity index (χ1) is 27.9. The van der Waals surface area contributed by atoms with E-state index in [4.69, 9.17) is 19.9 Å². The van der Waals surface area contributed by atoms with Crippen molar-refractivity contribution in [2.75, 3.05) is 0 Å². The molecule has 0 amide bonds. The molecule has 2 heterocycles. The van der Waals surface area contributed by atoms with Crippen LogP contribution in [-0.2, 0) is 16.2 Å². The van der Waals surface area contributed by atoms with Gasteiger partial charge in [-0.15, -0.1) is 0 Å². The second-order valence-electron chi connectivity index (χ2n) is 17.8. The Kier molecular flexibility index (Phi) is 9.04. The third kappa shape index (κ3) is 6.63. The van der Waals surface area contributed by atoms with E-state index in [9.17, 15) is 0 Å². The van der Waals surface area contributed by atoms with Crippen molar-refractivity contribution in [2.24, 2.45) is 0 Å². The van der Waals surface area contributed by atoms with E-state index in [0.29, 0.717) is 0 Å². The second-order valence-corrected chi connectivity index (χ2v) is 17.8. The summed E-state index contributed by atoms with van der Waals surface area (Å²) in [6.07, 6.45) is 7.83. The van der Waals surface area contributed by atoms with Crippen LogP contribution >= 0.6 is 0 Å². The Morgan fingerprint density at radius 1 is 0.345 bits per heavy atom. The Hall–Kier alpha value is -6.52.